The molecule has 0 bridgehead atoms. The van der Waals surface area contributed by atoms with Gasteiger partial charge in [0.2, 0.25) is 5.13 Å². The maximum absolute atomic E-state index is 13.7. The van der Waals surface area contributed by atoms with Crippen LogP contribution in [0.3, 0.4) is 0 Å². The van der Waals surface area contributed by atoms with Gasteiger partial charge in [0, 0.05) is 17.0 Å². The standard InChI is InChI=1S/C30H23BrClN5O5S2/c1-14-5-4-10-36-15(2)22(33-27(14)36)25(39)21-23(17-11-19(31)24(38)20(12-17)42-3)37(28(41)26(21)40)29-34-35-30(44-29)43-13-16-6-8-18(32)9-7-16/h4-12,23,38-39H,13H2,1-3H3/b25-21+. The number of phenolic OH excluding ortho intramolecular Hbond substituents is 1. The number of aryl methyl sites for hydroxylation is 2. The first-order valence-corrected chi connectivity index (χ1v) is 16.1. The van der Waals surface area contributed by atoms with E-state index < -0.39 is 23.5 Å². The van der Waals surface area contributed by atoms with Gasteiger partial charge in [-0.3, -0.25) is 14.5 Å². The van der Waals surface area contributed by atoms with Gasteiger partial charge in [0.15, 0.2) is 21.6 Å². The topological polar surface area (TPSA) is 130 Å². The lowest BCUT2D eigenvalue weighted by molar-refractivity contribution is -0.132. The molecular formula is C30H23BrClN5O5S2. The van der Waals surface area contributed by atoms with E-state index in [0.717, 1.165) is 22.5 Å². The molecule has 1 aliphatic rings. The zero-order valence-electron chi connectivity index (χ0n) is 23.4. The van der Waals surface area contributed by atoms with Crippen molar-refractivity contribution in [2.45, 2.75) is 30.0 Å². The number of carbonyl (C=O) groups excluding carboxylic acids is 2. The Balaban J connectivity index is 1.48. The van der Waals surface area contributed by atoms with E-state index in [2.05, 4.69) is 31.1 Å². The fraction of sp³-hybridized carbons (Fsp3) is 0.167. The number of nitrogens with zero attached hydrogens (tertiary/aromatic N) is 5. The molecule has 4 heterocycles. The number of ether oxygens (including phenoxy) is 1. The van der Waals surface area contributed by atoms with Gasteiger partial charge in [-0.1, -0.05) is 52.9 Å². The summed E-state index contributed by atoms with van der Waals surface area (Å²) in [5.41, 5.74) is 3.47. The lowest BCUT2D eigenvalue weighted by Crippen LogP contribution is -2.29. The van der Waals surface area contributed by atoms with Crippen LogP contribution in [0.1, 0.15) is 34.1 Å². The molecule has 1 aliphatic heterocycles. The summed E-state index contributed by atoms with van der Waals surface area (Å²) in [6, 6.07) is 13.1. The zero-order chi connectivity index (χ0) is 31.3. The van der Waals surface area contributed by atoms with Crippen LogP contribution >= 0.6 is 50.6 Å². The third-order valence-corrected chi connectivity index (χ3v) is 10.2. The SMILES string of the molecule is COc1cc(C2/C(=C(\O)c3nc4c(C)cccn4c3C)C(=O)C(=O)N2c2nnc(SCc3ccc(Cl)cc3)s2)cc(Br)c1O. The number of fused-ring (bicyclic) bond motifs is 1. The Labute approximate surface area is 273 Å². The third kappa shape index (κ3) is 5.23. The molecule has 10 nitrogen and oxygen atoms in total. The van der Waals surface area contributed by atoms with E-state index in [9.17, 15) is 19.8 Å². The highest BCUT2D eigenvalue weighted by Crippen LogP contribution is 2.47. The van der Waals surface area contributed by atoms with Crippen LogP contribution in [0, 0.1) is 13.8 Å². The Hall–Kier alpha value is -3.91. The summed E-state index contributed by atoms with van der Waals surface area (Å²) in [4.78, 5) is 33.3. The van der Waals surface area contributed by atoms with Gasteiger partial charge >= 0.3 is 5.91 Å². The molecule has 0 aliphatic carbocycles. The lowest BCUT2D eigenvalue weighted by atomic mass is 9.96. The largest absolute Gasteiger partial charge is 0.505 e. The number of aliphatic hydroxyl groups excluding tert-OH is 1. The monoisotopic (exact) mass is 711 g/mol. The molecule has 1 amide bonds. The van der Waals surface area contributed by atoms with Gasteiger partial charge < -0.3 is 19.4 Å². The summed E-state index contributed by atoms with van der Waals surface area (Å²) in [6.07, 6.45) is 1.81. The molecule has 14 heteroatoms. The zero-order valence-corrected chi connectivity index (χ0v) is 27.4. The van der Waals surface area contributed by atoms with Crippen LogP contribution in [0.5, 0.6) is 11.5 Å². The molecule has 224 valence electrons. The number of aromatic nitrogens is 4. The third-order valence-electron chi connectivity index (χ3n) is 7.22. The van der Waals surface area contributed by atoms with Gasteiger partial charge in [0.05, 0.1) is 28.9 Å². The average molecular weight is 713 g/mol. The Morgan fingerprint density at radius 1 is 1.16 bits per heavy atom. The maximum Gasteiger partial charge on any atom is 0.301 e. The number of aliphatic hydroxyl groups is 1. The second-order valence-corrected chi connectivity index (χ2v) is 13.4. The molecule has 5 aromatic rings. The van der Waals surface area contributed by atoms with Crippen molar-refractivity contribution in [3.05, 3.63) is 97.9 Å². The summed E-state index contributed by atoms with van der Waals surface area (Å²) in [7, 11) is 1.39. The summed E-state index contributed by atoms with van der Waals surface area (Å²) >= 11 is 11.9. The molecule has 1 fully saturated rings. The molecule has 1 unspecified atom stereocenters. The van der Waals surface area contributed by atoms with Crippen LogP contribution in [0.2, 0.25) is 5.02 Å². The number of amides is 1. The number of thioether (sulfide) groups is 1. The number of pyridine rings is 1. The normalized spacial score (nSPS) is 16.3. The van der Waals surface area contributed by atoms with Crippen molar-refractivity contribution in [3.63, 3.8) is 0 Å². The van der Waals surface area contributed by atoms with Crippen molar-refractivity contribution in [3.8, 4) is 11.5 Å². The molecule has 2 aromatic carbocycles. The minimum absolute atomic E-state index is 0.107. The van der Waals surface area contributed by atoms with Crippen LogP contribution in [-0.2, 0) is 15.3 Å². The molecule has 0 radical (unpaired) electrons. The van der Waals surface area contributed by atoms with Crippen molar-refractivity contribution in [2.24, 2.45) is 0 Å². The number of Topliss-reactive ketones (excluding diaryl/α,β-unsaturated/α-hetero) is 1. The van der Waals surface area contributed by atoms with Gasteiger partial charge in [0.25, 0.3) is 5.78 Å². The molecule has 44 heavy (non-hydrogen) atoms. The Bertz CT molecular complexity index is 1990. The summed E-state index contributed by atoms with van der Waals surface area (Å²) in [5.74, 6) is -1.69. The van der Waals surface area contributed by atoms with Crippen molar-refractivity contribution in [1.29, 1.82) is 0 Å². The highest BCUT2D eigenvalue weighted by molar-refractivity contribution is 9.10. The van der Waals surface area contributed by atoms with Gasteiger partial charge in [-0.05, 0) is 76.8 Å². The predicted octanol–water partition coefficient (Wildman–Crippen LogP) is 6.85. The summed E-state index contributed by atoms with van der Waals surface area (Å²) in [6.45, 7) is 3.66. The van der Waals surface area contributed by atoms with E-state index in [4.69, 9.17) is 16.3 Å². The Kier molecular flexibility index (Phi) is 8.14. The average Bonchev–Trinajstić information content (AvgIpc) is 3.69. The van der Waals surface area contributed by atoms with E-state index >= 15 is 0 Å². The Morgan fingerprint density at radius 3 is 2.61 bits per heavy atom. The molecule has 0 saturated carbocycles. The number of anilines is 1. The number of aromatic hydroxyl groups is 1. The number of hydrogen-bond acceptors (Lipinski definition) is 10. The van der Waals surface area contributed by atoms with Crippen molar-refractivity contribution >= 4 is 78.9 Å². The fourth-order valence-corrected chi connectivity index (χ4v) is 7.42. The van der Waals surface area contributed by atoms with Gasteiger partial charge in [-0.25, -0.2) is 4.98 Å². The molecule has 0 spiro atoms. The number of benzene rings is 2. The van der Waals surface area contributed by atoms with Gasteiger partial charge in [-0.2, -0.15) is 0 Å². The van der Waals surface area contributed by atoms with Crippen molar-refractivity contribution in [1.82, 2.24) is 19.6 Å². The van der Waals surface area contributed by atoms with Crippen LogP contribution in [-0.4, -0.2) is 48.6 Å². The lowest BCUT2D eigenvalue weighted by Gasteiger charge is -2.23. The second kappa shape index (κ2) is 11.9. The number of methoxy groups -OCH3 is 1. The van der Waals surface area contributed by atoms with E-state index in [1.807, 2.05) is 41.8 Å². The van der Waals surface area contributed by atoms with E-state index in [-0.39, 0.29) is 32.4 Å². The highest BCUT2D eigenvalue weighted by Gasteiger charge is 2.49. The van der Waals surface area contributed by atoms with Crippen molar-refractivity contribution < 1.29 is 24.5 Å². The number of hydrogen-bond donors (Lipinski definition) is 2. The number of phenols is 1. The minimum atomic E-state index is -1.13. The second-order valence-electron chi connectivity index (χ2n) is 9.92. The first kappa shape index (κ1) is 30.1. The van der Waals surface area contributed by atoms with E-state index in [1.54, 1.807) is 25.1 Å². The van der Waals surface area contributed by atoms with Crippen LogP contribution in [0.15, 0.2) is 69.1 Å². The summed E-state index contributed by atoms with van der Waals surface area (Å²) < 4.78 is 8.02. The van der Waals surface area contributed by atoms with E-state index in [1.165, 1.54) is 29.8 Å². The smallest absolute Gasteiger partial charge is 0.301 e. The Morgan fingerprint density at radius 2 is 1.91 bits per heavy atom. The van der Waals surface area contributed by atoms with Gasteiger partial charge in [0.1, 0.15) is 11.3 Å². The maximum atomic E-state index is 13.7. The number of ketones is 1. The summed E-state index contributed by atoms with van der Waals surface area (Å²) in [5, 5.41) is 31.5. The predicted molar refractivity (Wildman–Crippen MR) is 173 cm³/mol. The van der Waals surface area contributed by atoms with Crippen LogP contribution < -0.4 is 9.64 Å². The molecule has 1 atom stereocenters. The first-order chi connectivity index (χ1) is 21.1. The van der Waals surface area contributed by atoms with E-state index in [0.29, 0.717) is 32.0 Å². The minimum Gasteiger partial charge on any atom is -0.505 e. The number of imidazole rings is 1. The molecule has 2 N–H and O–H groups in total. The van der Waals surface area contributed by atoms with Crippen LogP contribution in [0.4, 0.5) is 5.13 Å². The number of rotatable bonds is 7. The molecule has 3 aromatic heterocycles. The van der Waals surface area contributed by atoms with Crippen molar-refractivity contribution in [2.75, 3.05) is 12.0 Å². The highest BCUT2D eigenvalue weighted by atomic mass is 79.9. The molecular weight excluding hydrogens is 690 g/mol. The molecule has 1 saturated heterocycles. The number of halogens is 2. The van der Waals surface area contributed by atoms with Crippen LogP contribution in [0.25, 0.3) is 11.4 Å². The fourth-order valence-electron chi connectivity index (χ4n) is 5.01. The van der Waals surface area contributed by atoms with Gasteiger partial charge in [-0.15, -0.1) is 10.2 Å². The number of carbonyl (C=O) groups is 2. The molecule has 6 rings (SSSR count). The first-order valence-electron chi connectivity index (χ1n) is 13.1. The quantitative estimate of drug-likeness (QED) is 0.0612.